The van der Waals surface area contributed by atoms with E-state index in [4.69, 9.17) is 4.42 Å². The first-order valence-corrected chi connectivity index (χ1v) is 10.5. The number of carbonyl (C=O) groups is 1. The van der Waals surface area contributed by atoms with Gasteiger partial charge in [0.1, 0.15) is 11.1 Å². The van der Waals surface area contributed by atoms with Crippen LogP contribution < -0.4 is 10.9 Å². The second-order valence-corrected chi connectivity index (χ2v) is 7.47. The molecule has 0 radical (unpaired) electrons. The Morgan fingerprint density at radius 1 is 0.966 bits per heavy atom. The minimum atomic E-state index is -0.256. The normalized spacial score (nSPS) is 11.6. The number of aryl methyl sites for hydroxylation is 1. The molecule has 1 N–H and O–H groups in total. The zero-order chi connectivity index (χ0) is 20.2. The maximum absolute atomic E-state index is 13.1. The standard InChI is InChI=1S/C24H20N2O2S/c1-16-8-3-5-12-21(16)26-23(27)20-14-17-9-4-6-13-22(17)28-24(20)25-18-10-7-11-19(15-18)29-2/h3-15H,1-2H3,(H,26,27). The summed E-state index contributed by atoms with van der Waals surface area (Å²) in [5.41, 5.74) is 3.85. The Morgan fingerprint density at radius 3 is 2.59 bits per heavy atom. The monoisotopic (exact) mass is 400 g/mol. The molecule has 0 atom stereocenters. The molecule has 4 nitrogen and oxygen atoms in total. The van der Waals surface area contributed by atoms with Crippen LogP contribution in [0.2, 0.25) is 0 Å². The highest BCUT2D eigenvalue weighted by Gasteiger charge is 2.14. The molecule has 0 spiro atoms. The van der Waals surface area contributed by atoms with Gasteiger partial charge in [0.2, 0.25) is 5.55 Å². The number of nitrogens with zero attached hydrogens (tertiary/aromatic N) is 1. The van der Waals surface area contributed by atoms with Crippen LogP contribution in [0.5, 0.6) is 0 Å². The summed E-state index contributed by atoms with van der Waals surface area (Å²) in [5, 5.41) is 3.82. The van der Waals surface area contributed by atoms with Crippen LogP contribution >= 0.6 is 11.8 Å². The number of hydrogen-bond acceptors (Lipinski definition) is 4. The molecule has 1 aromatic heterocycles. The van der Waals surface area contributed by atoms with Crippen LogP contribution in [0, 0.1) is 6.92 Å². The summed E-state index contributed by atoms with van der Waals surface area (Å²) in [4.78, 5) is 18.8. The number of fused-ring (bicyclic) bond motifs is 1. The highest BCUT2D eigenvalue weighted by Crippen LogP contribution is 2.22. The van der Waals surface area contributed by atoms with Gasteiger partial charge in [-0.05, 0) is 55.1 Å². The second-order valence-electron chi connectivity index (χ2n) is 6.59. The number of anilines is 1. The van der Waals surface area contributed by atoms with Crippen molar-refractivity contribution in [2.24, 2.45) is 4.99 Å². The van der Waals surface area contributed by atoms with Crippen LogP contribution in [-0.4, -0.2) is 12.2 Å². The second kappa shape index (κ2) is 8.37. The van der Waals surface area contributed by atoms with E-state index in [1.54, 1.807) is 11.8 Å². The van der Waals surface area contributed by atoms with Crippen molar-refractivity contribution in [1.82, 2.24) is 0 Å². The van der Waals surface area contributed by atoms with Gasteiger partial charge in [0, 0.05) is 16.0 Å². The lowest BCUT2D eigenvalue weighted by molar-refractivity contribution is 0.102. The van der Waals surface area contributed by atoms with Crippen molar-refractivity contribution >= 4 is 40.0 Å². The predicted molar refractivity (Wildman–Crippen MR) is 119 cm³/mol. The van der Waals surface area contributed by atoms with Crippen molar-refractivity contribution in [3.05, 3.63) is 95.5 Å². The summed E-state index contributed by atoms with van der Waals surface area (Å²) in [5.74, 6) is -0.256. The summed E-state index contributed by atoms with van der Waals surface area (Å²) >= 11 is 1.64. The number of amides is 1. The van der Waals surface area contributed by atoms with Crippen LogP contribution in [-0.2, 0) is 0 Å². The molecule has 5 heteroatoms. The first-order chi connectivity index (χ1) is 14.1. The molecule has 4 rings (SSSR count). The Bertz CT molecular complexity index is 1260. The van der Waals surface area contributed by atoms with E-state index in [1.165, 1.54) is 0 Å². The van der Waals surface area contributed by atoms with Gasteiger partial charge in [0.15, 0.2) is 0 Å². The fourth-order valence-corrected chi connectivity index (χ4v) is 3.47. The highest BCUT2D eigenvalue weighted by molar-refractivity contribution is 7.98. The van der Waals surface area contributed by atoms with E-state index in [9.17, 15) is 4.79 Å². The Morgan fingerprint density at radius 2 is 1.76 bits per heavy atom. The molecule has 0 fully saturated rings. The molecular weight excluding hydrogens is 380 g/mol. The van der Waals surface area contributed by atoms with E-state index in [2.05, 4.69) is 10.3 Å². The molecule has 0 aliphatic heterocycles. The lowest BCUT2D eigenvalue weighted by atomic mass is 10.1. The largest absolute Gasteiger partial charge is 0.438 e. The average molecular weight is 401 g/mol. The van der Waals surface area contributed by atoms with Gasteiger partial charge in [-0.2, -0.15) is 0 Å². The quantitative estimate of drug-likeness (QED) is 0.431. The number of carbonyl (C=O) groups excluding carboxylic acids is 1. The van der Waals surface area contributed by atoms with E-state index in [1.807, 2.05) is 92.0 Å². The van der Waals surface area contributed by atoms with Crippen molar-refractivity contribution < 1.29 is 9.21 Å². The zero-order valence-corrected chi connectivity index (χ0v) is 17.0. The van der Waals surface area contributed by atoms with Crippen LogP contribution in [0.1, 0.15) is 15.9 Å². The minimum Gasteiger partial charge on any atom is -0.438 e. The van der Waals surface area contributed by atoms with Gasteiger partial charge in [-0.15, -0.1) is 11.8 Å². The third kappa shape index (κ3) is 4.25. The molecule has 0 saturated carbocycles. The molecule has 144 valence electrons. The molecule has 1 amide bonds. The summed E-state index contributed by atoms with van der Waals surface area (Å²) in [6.45, 7) is 1.96. The van der Waals surface area contributed by atoms with Crippen LogP contribution in [0.4, 0.5) is 11.4 Å². The van der Waals surface area contributed by atoms with Gasteiger partial charge in [-0.3, -0.25) is 4.79 Å². The Balaban J connectivity index is 1.85. The summed E-state index contributed by atoms with van der Waals surface area (Å²) < 4.78 is 6.03. The third-order valence-electron chi connectivity index (χ3n) is 4.58. The third-order valence-corrected chi connectivity index (χ3v) is 5.30. The number of thioether (sulfide) groups is 1. The lowest BCUT2D eigenvalue weighted by Crippen LogP contribution is -2.22. The Labute approximate surface area is 173 Å². The number of para-hydroxylation sites is 2. The molecule has 0 saturated heterocycles. The lowest BCUT2D eigenvalue weighted by Gasteiger charge is -2.09. The molecule has 0 unspecified atom stereocenters. The molecule has 3 aromatic carbocycles. The summed E-state index contributed by atoms with van der Waals surface area (Å²) in [6.07, 6.45) is 2.01. The SMILES string of the molecule is CSc1cccc(N=c2oc3ccccc3cc2C(=O)Nc2ccccc2C)c1. The Hall–Kier alpha value is -3.31. The Kier molecular flexibility index (Phi) is 5.49. The minimum absolute atomic E-state index is 0.256. The van der Waals surface area contributed by atoms with Gasteiger partial charge in [-0.1, -0.05) is 42.5 Å². The van der Waals surface area contributed by atoms with Crippen molar-refractivity contribution in [2.45, 2.75) is 11.8 Å². The van der Waals surface area contributed by atoms with Crippen LogP contribution in [0.15, 0.2) is 93.2 Å². The maximum atomic E-state index is 13.1. The number of benzene rings is 3. The average Bonchev–Trinajstić information content (AvgIpc) is 2.75. The summed E-state index contributed by atoms with van der Waals surface area (Å²) in [6, 6.07) is 24.9. The number of nitrogens with one attached hydrogen (secondary N) is 1. The van der Waals surface area contributed by atoms with E-state index in [0.717, 1.165) is 27.2 Å². The fourth-order valence-electron chi connectivity index (χ4n) is 3.01. The number of hydrogen-bond donors (Lipinski definition) is 1. The fraction of sp³-hybridized carbons (Fsp3) is 0.0833. The highest BCUT2D eigenvalue weighted by atomic mass is 32.2. The molecule has 0 aliphatic rings. The zero-order valence-electron chi connectivity index (χ0n) is 16.2. The topological polar surface area (TPSA) is 54.6 Å². The van der Waals surface area contributed by atoms with Crippen LogP contribution in [0.3, 0.4) is 0 Å². The smallest absolute Gasteiger partial charge is 0.261 e. The van der Waals surface area contributed by atoms with E-state index in [-0.39, 0.29) is 11.5 Å². The van der Waals surface area contributed by atoms with Crippen molar-refractivity contribution in [1.29, 1.82) is 0 Å². The predicted octanol–water partition coefficient (Wildman–Crippen LogP) is 5.95. The first-order valence-electron chi connectivity index (χ1n) is 9.23. The van der Waals surface area contributed by atoms with Gasteiger partial charge >= 0.3 is 0 Å². The summed E-state index contributed by atoms with van der Waals surface area (Å²) in [7, 11) is 0. The molecule has 0 bridgehead atoms. The molecule has 4 aromatic rings. The van der Waals surface area contributed by atoms with E-state index < -0.39 is 0 Å². The van der Waals surface area contributed by atoms with E-state index in [0.29, 0.717) is 11.1 Å². The van der Waals surface area contributed by atoms with Crippen molar-refractivity contribution in [3.63, 3.8) is 0 Å². The van der Waals surface area contributed by atoms with Gasteiger partial charge < -0.3 is 9.73 Å². The first kappa shape index (κ1) is 19.0. The number of rotatable bonds is 4. The van der Waals surface area contributed by atoms with Gasteiger partial charge in [0.25, 0.3) is 5.91 Å². The van der Waals surface area contributed by atoms with Crippen molar-refractivity contribution in [3.8, 4) is 0 Å². The van der Waals surface area contributed by atoms with Crippen LogP contribution in [0.25, 0.3) is 11.0 Å². The van der Waals surface area contributed by atoms with Crippen molar-refractivity contribution in [2.75, 3.05) is 11.6 Å². The molecular formula is C24H20N2O2S. The molecule has 0 aliphatic carbocycles. The van der Waals surface area contributed by atoms with E-state index >= 15 is 0 Å². The van der Waals surface area contributed by atoms with Gasteiger partial charge in [-0.25, -0.2) is 4.99 Å². The molecule has 29 heavy (non-hydrogen) atoms. The maximum Gasteiger partial charge on any atom is 0.261 e. The molecule has 1 heterocycles. The van der Waals surface area contributed by atoms with Gasteiger partial charge in [0.05, 0.1) is 5.69 Å².